The molecule has 0 spiro atoms. The van der Waals surface area contributed by atoms with E-state index >= 15 is 0 Å². The maximum absolute atomic E-state index is 14.7. The maximum atomic E-state index is 14.7. The number of carbonyl (C=O) groups excluding carboxylic acids is 1. The summed E-state index contributed by atoms with van der Waals surface area (Å²) < 4.78 is 25.9. The Hall–Kier alpha value is -3.41. The summed E-state index contributed by atoms with van der Waals surface area (Å²) in [6, 6.07) is 16.0. The largest absolute Gasteiger partial charge is 0.496 e. The molecule has 2 aromatic carbocycles. The molecule has 1 aromatic heterocycles. The van der Waals surface area contributed by atoms with Gasteiger partial charge in [0.15, 0.2) is 0 Å². The van der Waals surface area contributed by atoms with Gasteiger partial charge in [-0.1, -0.05) is 30.3 Å². The summed E-state index contributed by atoms with van der Waals surface area (Å²) >= 11 is 0. The monoisotopic (exact) mass is 434 g/mol. The fraction of sp³-hybridized carbons (Fsp3) is 0.308. The fourth-order valence-electron chi connectivity index (χ4n) is 4.09. The Bertz CT molecular complexity index is 1080. The SMILES string of the molecule is COc1cc(C)ncc1C1CCN(C(=O)c2ccc(OCc3ccccc3)cc2F)CC1. The van der Waals surface area contributed by atoms with Gasteiger partial charge in [0, 0.05) is 42.7 Å². The Morgan fingerprint density at radius 1 is 1.12 bits per heavy atom. The summed E-state index contributed by atoms with van der Waals surface area (Å²) in [5.74, 6) is 0.650. The van der Waals surface area contributed by atoms with E-state index in [1.807, 2.05) is 49.5 Å². The average molecular weight is 435 g/mol. The molecule has 0 N–H and O–H groups in total. The van der Waals surface area contributed by atoms with Crippen molar-refractivity contribution in [2.45, 2.75) is 32.3 Å². The van der Waals surface area contributed by atoms with Crippen molar-refractivity contribution >= 4 is 5.91 Å². The number of hydrogen-bond acceptors (Lipinski definition) is 4. The Kier molecular flexibility index (Phi) is 6.69. The van der Waals surface area contributed by atoms with E-state index in [-0.39, 0.29) is 17.4 Å². The number of carbonyl (C=O) groups is 1. The minimum Gasteiger partial charge on any atom is -0.496 e. The molecule has 0 radical (unpaired) electrons. The van der Waals surface area contributed by atoms with E-state index in [0.717, 1.165) is 35.4 Å². The smallest absolute Gasteiger partial charge is 0.256 e. The molecule has 0 unspecified atom stereocenters. The Morgan fingerprint density at radius 2 is 1.88 bits per heavy atom. The van der Waals surface area contributed by atoms with Gasteiger partial charge in [0.05, 0.1) is 12.7 Å². The van der Waals surface area contributed by atoms with Crippen LogP contribution in [0.25, 0.3) is 0 Å². The highest BCUT2D eigenvalue weighted by Gasteiger charge is 2.28. The number of benzene rings is 2. The standard InChI is InChI=1S/C26H27FN2O3/c1-18-14-25(31-2)23(16-28-18)20-10-12-29(13-11-20)26(30)22-9-8-21(15-24(22)27)32-17-19-6-4-3-5-7-19/h3-9,14-16,20H,10-13,17H2,1-2H3. The number of hydrogen-bond donors (Lipinski definition) is 0. The molecule has 5 nitrogen and oxygen atoms in total. The summed E-state index contributed by atoms with van der Waals surface area (Å²) in [5, 5.41) is 0. The first-order valence-electron chi connectivity index (χ1n) is 10.8. The second-order valence-electron chi connectivity index (χ2n) is 8.05. The van der Waals surface area contributed by atoms with Gasteiger partial charge in [0.25, 0.3) is 5.91 Å². The van der Waals surface area contributed by atoms with Gasteiger partial charge in [0.1, 0.15) is 23.9 Å². The zero-order valence-electron chi connectivity index (χ0n) is 18.4. The number of aromatic nitrogens is 1. The number of halogens is 1. The number of nitrogens with zero attached hydrogens (tertiary/aromatic N) is 2. The van der Waals surface area contributed by atoms with Gasteiger partial charge in [-0.3, -0.25) is 9.78 Å². The van der Waals surface area contributed by atoms with Crippen molar-refractivity contribution in [2.75, 3.05) is 20.2 Å². The molecule has 4 rings (SSSR count). The van der Waals surface area contributed by atoms with Crippen molar-refractivity contribution in [3.63, 3.8) is 0 Å². The van der Waals surface area contributed by atoms with Gasteiger partial charge >= 0.3 is 0 Å². The Labute approximate surface area is 187 Å². The molecule has 1 aliphatic rings. The second kappa shape index (κ2) is 9.81. The van der Waals surface area contributed by atoms with E-state index < -0.39 is 5.82 Å². The number of piperidine rings is 1. The highest BCUT2D eigenvalue weighted by molar-refractivity contribution is 5.94. The molecular weight excluding hydrogens is 407 g/mol. The third-order valence-corrected chi connectivity index (χ3v) is 5.89. The normalized spacial score (nSPS) is 14.3. The molecule has 0 bridgehead atoms. The van der Waals surface area contributed by atoms with Crippen LogP contribution in [0.5, 0.6) is 11.5 Å². The Morgan fingerprint density at radius 3 is 2.56 bits per heavy atom. The average Bonchev–Trinajstić information content (AvgIpc) is 2.83. The molecule has 3 aromatic rings. The molecule has 6 heteroatoms. The number of amides is 1. The van der Waals surface area contributed by atoms with Crippen LogP contribution in [-0.2, 0) is 6.61 Å². The van der Waals surface area contributed by atoms with Crippen molar-refractivity contribution in [2.24, 2.45) is 0 Å². The van der Waals surface area contributed by atoms with Crippen molar-refractivity contribution < 1.29 is 18.7 Å². The van der Waals surface area contributed by atoms with Crippen molar-refractivity contribution in [3.8, 4) is 11.5 Å². The lowest BCUT2D eigenvalue weighted by molar-refractivity contribution is 0.0707. The van der Waals surface area contributed by atoms with Crippen LogP contribution in [0.15, 0.2) is 60.8 Å². The highest BCUT2D eigenvalue weighted by atomic mass is 19.1. The second-order valence-corrected chi connectivity index (χ2v) is 8.05. The fourth-order valence-corrected chi connectivity index (χ4v) is 4.09. The van der Waals surface area contributed by atoms with E-state index in [2.05, 4.69) is 4.98 Å². The molecular formula is C26H27FN2O3. The molecule has 1 saturated heterocycles. The summed E-state index contributed by atoms with van der Waals surface area (Å²) in [4.78, 5) is 19.0. The zero-order valence-corrected chi connectivity index (χ0v) is 18.4. The van der Waals surface area contributed by atoms with Crippen LogP contribution in [0.2, 0.25) is 0 Å². The number of methoxy groups -OCH3 is 1. The van der Waals surface area contributed by atoms with Gasteiger partial charge in [-0.2, -0.15) is 0 Å². The Balaban J connectivity index is 1.38. The van der Waals surface area contributed by atoms with Crippen LogP contribution >= 0.6 is 0 Å². The summed E-state index contributed by atoms with van der Waals surface area (Å²) in [6.45, 7) is 3.40. The van der Waals surface area contributed by atoms with Crippen LogP contribution in [-0.4, -0.2) is 36.0 Å². The number of likely N-dealkylation sites (tertiary alicyclic amines) is 1. The van der Waals surface area contributed by atoms with Gasteiger partial charge in [-0.05, 0) is 43.4 Å². The third-order valence-electron chi connectivity index (χ3n) is 5.89. The van der Waals surface area contributed by atoms with Gasteiger partial charge in [-0.25, -0.2) is 4.39 Å². The van der Waals surface area contributed by atoms with Crippen LogP contribution in [0.4, 0.5) is 4.39 Å². The highest BCUT2D eigenvalue weighted by Crippen LogP contribution is 2.34. The first-order valence-corrected chi connectivity index (χ1v) is 10.8. The van der Waals surface area contributed by atoms with Crippen LogP contribution in [0.1, 0.15) is 45.9 Å². The molecule has 1 fully saturated rings. The summed E-state index contributed by atoms with van der Waals surface area (Å²) in [6.07, 6.45) is 3.43. The van der Waals surface area contributed by atoms with Gasteiger partial charge in [-0.15, -0.1) is 0 Å². The maximum Gasteiger partial charge on any atom is 0.256 e. The van der Waals surface area contributed by atoms with E-state index in [9.17, 15) is 9.18 Å². The van der Waals surface area contributed by atoms with E-state index in [0.29, 0.717) is 25.4 Å². The number of rotatable bonds is 6. The van der Waals surface area contributed by atoms with E-state index in [4.69, 9.17) is 9.47 Å². The first kappa shape index (κ1) is 21.8. The lowest BCUT2D eigenvalue weighted by Gasteiger charge is -2.32. The predicted molar refractivity (Wildman–Crippen MR) is 121 cm³/mol. The molecule has 0 saturated carbocycles. The van der Waals surface area contributed by atoms with E-state index in [1.165, 1.54) is 12.1 Å². The summed E-state index contributed by atoms with van der Waals surface area (Å²) in [5.41, 5.74) is 3.04. The molecule has 32 heavy (non-hydrogen) atoms. The molecule has 166 valence electrons. The first-order chi connectivity index (χ1) is 15.5. The lowest BCUT2D eigenvalue weighted by atomic mass is 9.89. The molecule has 1 amide bonds. The van der Waals surface area contributed by atoms with Crippen LogP contribution in [0, 0.1) is 12.7 Å². The van der Waals surface area contributed by atoms with Crippen molar-refractivity contribution in [1.29, 1.82) is 0 Å². The van der Waals surface area contributed by atoms with Crippen molar-refractivity contribution in [1.82, 2.24) is 9.88 Å². The summed E-state index contributed by atoms with van der Waals surface area (Å²) in [7, 11) is 1.66. The van der Waals surface area contributed by atoms with Crippen molar-refractivity contribution in [3.05, 3.63) is 89.0 Å². The number of aryl methyl sites for hydroxylation is 1. The minimum absolute atomic E-state index is 0.0742. The van der Waals surface area contributed by atoms with Gasteiger partial charge in [0.2, 0.25) is 0 Å². The molecule has 1 aliphatic heterocycles. The predicted octanol–water partition coefficient (Wildman–Crippen LogP) is 5.14. The molecule has 0 aliphatic carbocycles. The van der Waals surface area contributed by atoms with Crippen LogP contribution in [0.3, 0.4) is 0 Å². The van der Waals surface area contributed by atoms with Gasteiger partial charge < -0.3 is 14.4 Å². The number of pyridine rings is 1. The lowest BCUT2D eigenvalue weighted by Crippen LogP contribution is -2.38. The number of ether oxygens (including phenoxy) is 2. The zero-order chi connectivity index (χ0) is 22.5. The third kappa shape index (κ3) is 4.90. The topological polar surface area (TPSA) is 51.7 Å². The quantitative estimate of drug-likeness (QED) is 0.539. The molecule has 0 atom stereocenters. The van der Waals surface area contributed by atoms with Crippen LogP contribution < -0.4 is 9.47 Å². The van der Waals surface area contributed by atoms with E-state index in [1.54, 1.807) is 18.1 Å². The molecule has 2 heterocycles. The minimum atomic E-state index is -0.563.